The molecule has 1 saturated heterocycles. The smallest absolute Gasteiger partial charge is 0.263 e. The zero-order chi connectivity index (χ0) is 22.4. The molecular weight excluding hydrogens is 432 g/mol. The van der Waals surface area contributed by atoms with E-state index < -0.39 is 10.0 Å². The van der Waals surface area contributed by atoms with E-state index >= 15 is 0 Å². The van der Waals surface area contributed by atoms with E-state index in [0.717, 1.165) is 11.1 Å². The zero-order valence-electron chi connectivity index (χ0n) is 17.9. The second kappa shape index (κ2) is 7.89. The van der Waals surface area contributed by atoms with Gasteiger partial charge in [0.25, 0.3) is 10.0 Å². The number of rotatable bonds is 5. The van der Waals surface area contributed by atoms with Crippen molar-refractivity contribution in [1.29, 1.82) is 0 Å². The third-order valence-corrected chi connectivity index (χ3v) is 7.23. The molecule has 0 amide bonds. The molecule has 0 bridgehead atoms. The third kappa shape index (κ3) is 4.44. The first-order chi connectivity index (χ1) is 14.6. The monoisotopic (exact) mass is 456 g/mol. The van der Waals surface area contributed by atoms with Crippen LogP contribution in [0, 0.1) is 0 Å². The van der Waals surface area contributed by atoms with E-state index in [0.29, 0.717) is 10.7 Å². The summed E-state index contributed by atoms with van der Waals surface area (Å²) in [5.41, 5.74) is 2.72. The lowest BCUT2D eigenvalue weighted by Gasteiger charge is -2.19. The average Bonchev–Trinajstić information content (AvgIpc) is 3.40. The largest absolute Gasteiger partial charge is 0.287 e. The molecule has 3 unspecified atom stereocenters. The average molecular weight is 457 g/mol. The van der Waals surface area contributed by atoms with E-state index in [2.05, 4.69) is 40.4 Å². The van der Waals surface area contributed by atoms with Crippen LogP contribution in [0.4, 0.5) is 5.82 Å². The molecule has 0 aliphatic carbocycles. The molecule has 0 saturated carbocycles. The van der Waals surface area contributed by atoms with E-state index in [1.165, 1.54) is 0 Å². The summed E-state index contributed by atoms with van der Waals surface area (Å²) in [6.45, 7) is 6.25. The van der Waals surface area contributed by atoms with Crippen molar-refractivity contribution < 1.29 is 8.42 Å². The summed E-state index contributed by atoms with van der Waals surface area (Å²) in [7, 11) is -1.79. The number of nitrogens with zero attached hydrogens (tertiary/aromatic N) is 3. The molecule has 8 heteroatoms. The summed E-state index contributed by atoms with van der Waals surface area (Å²) in [6.07, 6.45) is 3.55. The van der Waals surface area contributed by atoms with Gasteiger partial charge in [0.05, 0.1) is 27.7 Å². The van der Waals surface area contributed by atoms with Crippen molar-refractivity contribution in [2.75, 3.05) is 11.8 Å². The number of benzene rings is 1. The first kappa shape index (κ1) is 21.7. The molecule has 3 atom stereocenters. The van der Waals surface area contributed by atoms with Gasteiger partial charge in [-0.2, -0.15) is 0 Å². The first-order valence-electron chi connectivity index (χ1n) is 9.99. The number of halogens is 1. The van der Waals surface area contributed by atoms with Crippen LogP contribution in [0.5, 0.6) is 0 Å². The topological polar surface area (TPSA) is 75.0 Å². The Hall–Kier alpha value is -2.48. The molecule has 0 radical (unpaired) electrons. The van der Waals surface area contributed by atoms with Crippen molar-refractivity contribution in [2.24, 2.45) is 0 Å². The fraction of sp³-hybridized carbons (Fsp3) is 0.304. The molecule has 1 aliphatic rings. The van der Waals surface area contributed by atoms with Crippen molar-refractivity contribution in [3.05, 3.63) is 82.8 Å². The second-order valence-electron chi connectivity index (χ2n) is 8.78. The molecule has 3 heterocycles. The Kier molecular flexibility index (Phi) is 5.54. The van der Waals surface area contributed by atoms with Gasteiger partial charge in [0.2, 0.25) is 0 Å². The normalized spacial score (nSPS) is 21.0. The van der Waals surface area contributed by atoms with Gasteiger partial charge in [-0.1, -0.05) is 50.6 Å². The predicted octanol–water partition coefficient (Wildman–Crippen LogP) is 4.96. The number of hydrogen-bond acceptors (Lipinski definition) is 5. The highest BCUT2D eigenvalue weighted by Crippen LogP contribution is 2.53. The van der Waals surface area contributed by atoms with Gasteiger partial charge in [0.1, 0.15) is 5.82 Å². The minimum absolute atomic E-state index is 0.0350. The fourth-order valence-electron chi connectivity index (χ4n) is 3.70. The molecule has 1 aromatic carbocycles. The van der Waals surface area contributed by atoms with Crippen LogP contribution in [0.2, 0.25) is 5.02 Å². The maximum absolute atomic E-state index is 12.9. The van der Waals surface area contributed by atoms with Gasteiger partial charge in [0.15, 0.2) is 0 Å². The Morgan fingerprint density at radius 1 is 1.03 bits per heavy atom. The number of likely N-dealkylation sites (N-methyl/N-ethyl adjacent to an activating group) is 1. The van der Waals surface area contributed by atoms with Gasteiger partial charge < -0.3 is 0 Å². The minimum Gasteiger partial charge on any atom is -0.287 e. The first-order valence-corrected chi connectivity index (χ1v) is 11.9. The van der Waals surface area contributed by atoms with Crippen molar-refractivity contribution in [2.45, 2.75) is 43.2 Å². The maximum Gasteiger partial charge on any atom is 0.263 e. The van der Waals surface area contributed by atoms with Gasteiger partial charge in [-0.3, -0.25) is 14.6 Å². The Morgan fingerprint density at radius 3 is 2.35 bits per heavy atom. The standard InChI is InChI=1S/C23H25ClN4O2S/c1-23(2,3)16-7-9-17(10-8-16)31(29,30)27-19-12-11-18(24)20(26-19)22-21(28(22)4)15-6-5-13-25-14-15/h5-14,21-22H,1-4H3,(H,26,27). The highest BCUT2D eigenvalue weighted by Gasteiger charge is 2.48. The molecule has 162 valence electrons. The number of sulfonamides is 1. The van der Waals surface area contributed by atoms with Crippen LogP contribution in [0.3, 0.4) is 0 Å². The molecule has 0 spiro atoms. The Balaban J connectivity index is 1.58. The van der Waals surface area contributed by atoms with Crippen molar-refractivity contribution in [3.63, 3.8) is 0 Å². The Labute approximate surface area is 188 Å². The van der Waals surface area contributed by atoms with Crippen LogP contribution < -0.4 is 4.72 Å². The molecule has 3 aromatic rings. The SMILES string of the molecule is CN1C(c2cccnc2)C1c1nc(NS(=O)(=O)c2ccc(C(C)(C)C)cc2)ccc1Cl. The lowest BCUT2D eigenvalue weighted by molar-refractivity contribution is 0.587. The second-order valence-corrected chi connectivity index (χ2v) is 10.9. The summed E-state index contributed by atoms with van der Waals surface area (Å²) in [4.78, 5) is 11.0. The van der Waals surface area contributed by atoms with Gasteiger partial charge in [-0.05, 0) is 53.9 Å². The highest BCUT2D eigenvalue weighted by molar-refractivity contribution is 7.92. The van der Waals surface area contributed by atoms with Crippen LogP contribution in [0.25, 0.3) is 0 Å². The number of pyridine rings is 2. The number of anilines is 1. The molecule has 2 aromatic heterocycles. The quantitative estimate of drug-likeness (QED) is 0.549. The highest BCUT2D eigenvalue weighted by atomic mass is 35.5. The maximum atomic E-state index is 12.9. The summed E-state index contributed by atoms with van der Waals surface area (Å²) < 4.78 is 28.4. The molecular formula is C23H25ClN4O2S. The Morgan fingerprint density at radius 2 is 1.74 bits per heavy atom. The van der Waals surface area contributed by atoms with Gasteiger partial charge in [-0.25, -0.2) is 13.4 Å². The van der Waals surface area contributed by atoms with E-state index in [4.69, 9.17) is 11.6 Å². The van der Waals surface area contributed by atoms with Crippen molar-refractivity contribution in [1.82, 2.24) is 14.9 Å². The van der Waals surface area contributed by atoms with E-state index in [9.17, 15) is 8.42 Å². The third-order valence-electron chi connectivity index (χ3n) is 5.54. The zero-order valence-corrected chi connectivity index (χ0v) is 19.4. The fourth-order valence-corrected chi connectivity index (χ4v) is 4.92. The minimum atomic E-state index is -3.77. The van der Waals surface area contributed by atoms with Crippen LogP contribution in [0.1, 0.15) is 49.7 Å². The number of aromatic nitrogens is 2. The lowest BCUT2D eigenvalue weighted by atomic mass is 9.87. The number of hydrogen-bond donors (Lipinski definition) is 1. The molecule has 6 nitrogen and oxygen atoms in total. The van der Waals surface area contributed by atoms with Crippen LogP contribution in [0.15, 0.2) is 65.8 Å². The van der Waals surface area contributed by atoms with Crippen LogP contribution in [-0.2, 0) is 15.4 Å². The predicted molar refractivity (Wildman–Crippen MR) is 123 cm³/mol. The Bertz CT molecular complexity index is 1190. The van der Waals surface area contributed by atoms with Crippen LogP contribution in [-0.4, -0.2) is 30.3 Å². The van der Waals surface area contributed by atoms with Crippen LogP contribution >= 0.6 is 11.6 Å². The molecule has 4 rings (SSSR count). The summed E-state index contributed by atoms with van der Waals surface area (Å²) in [5.74, 6) is 0.240. The molecule has 1 N–H and O–H groups in total. The van der Waals surface area contributed by atoms with Crippen molar-refractivity contribution in [3.8, 4) is 0 Å². The summed E-state index contributed by atoms with van der Waals surface area (Å²) in [6, 6.07) is 14.1. The van der Waals surface area contributed by atoms with Crippen molar-refractivity contribution >= 4 is 27.4 Å². The molecule has 31 heavy (non-hydrogen) atoms. The van der Waals surface area contributed by atoms with Gasteiger partial charge in [0, 0.05) is 12.4 Å². The number of nitrogens with one attached hydrogen (secondary N) is 1. The summed E-state index contributed by atoms with van der Waals surface area (Å²) in [5, 5.41) is 0.501. The molecule has 1 fully saturated rings. The van der Waals surface area contributed by atoms with E-state index in [-0.39, 0.29) is 28.2 Å². The lowest BCUT2D eigenvalue weighted by Crippen LogP contribution is -2.16. The van der Waals surface area contributed by atoms with E-state index in [1.54, 1.807) is 30.5 Å². The van der Waals surface area contributed by atoms with E-state index in [1.807, 2.05) is 37.5 Å². The van der Waals surface area contributed by atoms with Gasteiger partial charge >= 0.3 is 0 Å². The van der Waals surface area contributed by atoms with Gasteiger partial charge in [-0.15, -0.1) is 0 Å². The summed E-state index contributed by atoms with van der Waals surface area (Å²) >= 11 is 6.42. The molecule has 1 aliphatic heterocycles.